The summed E-state index contributed by atoms with van der Waals surface area (Å²) in [6.07, 6.45) is 0. The van der Waals surface area contributed by atoms with Gasteiger partial charge in [-0.3, -0.25) is 4.79 Å². The molecule has 0 aliphatic heterocycles. The summed E-state index contributed by atoms with van der Waals surface area (Å²) < 4.78 is 5.29. The van der Waals surface area contributed by atoms with Crippen LogP contribution in [0.2, 0.25) is 0 Å². The van der Waals surface area contributed by atoms with Crippen LogP contribution in [0.25, 0.3) is 0 Å². The van der Waals surface area contributed by atoms with Crippen LogP contribution in [0.3, 0.4) is 0 Å². The molecule has 0 aliphatic rings. The smallest absolute Gasteiger partial charge is 0.328 e. The van der Waals surface area contributed by atoms with Crippen molar-refractivity contribution >= 4 is 11.9 Å². The summed E-state index contributed by atoms with van der Waals surface area (Å²) in [6, 6.07) is 4.21. The maximum Gasteiger partial charge on any atom is 0.328 e. The molecule has 1 aromatic rings. The van der Waals surface area contributed by atoms with E-state index in [9.17, 15) is 9.59 Å². The summed E-state index contributed by atoms with van der Waals surface area (Å²) >= 11 is 0. The highest BCUT2D eigenvalue weighted by molar-refractivity contribution is 5.84. The molecule has 6 heteroatoms. The Morgan fingerprint density at radius 1 is 1.37 bits per heavy atom. The highest BCUT2D eigenvalue weighted by atomic mass is 16.5. The Bertz CT molecular complexity index is 472. The molecule has 0 aromatic heterocycles. The van der Waals surface area contributed by atoms with Crippen molar-refractivity contribution < 1.29 is 24.5 Å². The van der Waals surface area contributed by atoms with Crippen LogP contribution in [0.1, 0.15) is 11.1 Å². The van der Waals surface area contributed by atoms with Crippen LogP contribution in [-0.4, -0.2) is 41.3 Å². The highest BCUT2D eigenvalue weighted by Gasteiger charge is 2.18. The van der Waals surface area contributed by atoms with E-state index in [4.69, 9.17) is 14.9 Å². The first-order chi connectivity index (χ1) is 8.93. The molecule has 0 spiro atoms. The van der Waals surface area contributed by atoms with Gasteiger partial charge in [0, 0.05) is 0 Å². The Hall–Kier alpha value is -2.08. The molecule has 1 aromatic carbocycles. The Morgan fingerprint density at radius 2 is 2.05 bits per heavy atom. The lowest BCUT2D eigenvalue weighted by Gasteiger charge is -2.13. The zero-order chi connectivity index (χ0) is 14.4. The Morgan fingerprint density at radius 3 is 2.58 bits per heavy atom. The van der Waals surface area contributed by atoms with E-state index in [1.165, 1.54) is 0 Å². The minimum Gasteiger partial charge on any atom is -0.484 e. The molecule has 0 saturated heterocycles. The molecule has 0 unspecified atom stereocenters. The number of carbonyl (C=O) groups excluding carboxylic acids is 1. The van der Waals surface area contributed by atoms with Gasteiger partial charge in [-0.05, 0) is 25.5 Å². The van der Waals surface area contributed by atoms with Gasteiger partial charge < -0.3 is 20.3 Å². The lowest BCUT2D eigenvalue weighted by atomic mass is 10.1. The monoisotopic (exact) mass is 267 g/mol. The molecule has 1 atom stereocenters. The van der Waals surface area contributed by atoms with E-state index in [1.807, 2.05) is 26.0 Å². The second-order valence-corrected chi connectivity index (χ2v) is 4.20. The molecule has 104 valence electrons. The molecule has 19 heavy (non-hydrogen) atoms. The van der Waals surface area contributed by atoms with Crippen molar-refractivity contribution in [1.82, 2.24) is 5.32 Å². The van der Waals surface area contributed by atoms with E-state index in [-0.39, 0.29) is 6.61 Å². The number of carbonyl (C=O) groups is 2. The molecule has 0 aliphatic carbocycles. The van der Waals surface area contributed by atoms with Crippen molar-refractivity contribution in [1.29, 1.82) is 0 Å². The van der Waals surface area contributed by atoms with Gasteiger partial charge in [0.1, 0.15) is 11.8 Å². The third-order valence-electron chi connectivity index (χ3n) is 2.51. The standard InChI is InChI=1S/C13H17NO5/c1-8-3-4-11(9(2)5-8)19-7-12(16)14-10(6-15)13(17)18/h3-5,10,15H,6-7H2,1-2H3,(H,14,16)(H,17,18)/t10-/m1/s1. The number of ether oxygens (including phenoxy) is 1. The number of benzene rings is 1. The summed E-state index contributed by atoms with van der Waals surface area (Å²) in [6.45, 7) is 2.84. The molecule has 0 radical (unpaired) electrons. The number of carboxylic acid groups (broad SMARTS) is 1. The maximum absolute atomic E-state index is 11.5. The number of aliphatic carboxylic acids is 1. The molecule has 0 saturated carbocycles. The quantitative estimate of drug-likeness (QED) is 0.686. The van der Waals surface area contributed by atoms with Crippen LogP contribution in [0.4, 0.5) is 0 Å². The molecule has 1 rings (SSSR count). The summed E-state index contributed by atoms with van der Waals surface area (Å²) in [5.74, 6) is -1.32. The fourth-order valence-electron chi connectivity index (χ4n) is 1.53. The number of carboxylic acids is 1. The van der Waals surface area contributed by atoms with Gasteiger partial charge in [0.2, 0.25) is 0 Å². The number of aliphatic hydroxyl groups is 1. The summed E-state index contributed by atoms with van der Waals surface area (Å²) in [7, 11) is 0. The van der Waals surface area contributed by atoms with Crippen LogP contribution < -0.4 is 10.1 Å². The van der Waals surface area contributed by atoms with Gasteiger partial charge in [-0.25, -0.2) is 4.79 Å². The van der Waals surface area contributed by atoms with Crippen LogP contribution >= 0.6 is 0 Å². The van der Waals surface area contributed by atoms with Gasteiger partial charge in [-0.2, -0.15) is 0 Å². The second kappa shape index (κ2) is 6.75. The number of rotatable bonds is 6. The molecular formula is C13H17NO5. The molecule has 0 heterocycles. The number of nitrogens with one attached hydrogen (secondary N) is 1. The van der Waals surface area contributed by atoms with Gasteiger partial charge in [0.05, 0.1) is 6.61 Å². The van der Waals surface area contributed by atoms with Gasteiger partial charge in [0.15, 0.2) is 6.61 Å². The first kappa shape index (κ1) is 15.0. The topological polar surface area (TPSA) is 95.9 Å². The molecule has 0 fully saturated rings. The Balaban J connectivity index is 2.52. The highest BCUT2D eigenvalue weighted by Crippen LogP contribution is 2.18. The SMILES string of the molecule is Cc1ccc(OCC(=O)N[C@H](CO)C(=O)O)c(C)c1. The van der Waals surface area contributed by atoms with Crippen molar-refractivity contribution in [3.05, 3.63) is 29.3 Å². The molecular weight excluding hydrogens is 250 g/mol. The van der Waals surface area contributed by atoms with E-state index in [2.05, 4.69) is 5.32 Å². The van der Waals surface area contributed by atoms with Gasteiger partial charge in [0.25, 0.3) is 5.91 Å². The Labute approximate surface area is 111 Å². The number of hydrogen-bond acceptors (Lipinski definition) is 4. The largest absolute Gasteiger partial charge is 0.484 e. The predicted octanol–water partition coefficient (Wildman–Crippen LogP) is 0.244. The van der Waals surface area contributed by atoms with Gasteiger partial charge in [-0.1, -0.05) is 17.7 Å². The van der Waals surface area contributed by atoms with E-state index in [0.29, 0.717) is 5.75 Å². The summed E-state index contributed by atoms with van der Waals surface area (Å²) in [5, 5.41) is 19.6. The van der Waals surface area contributed by atoms with Crippen molar-refractivity contribution in [2.24, 2.45) is 0 Å². The predicted molar refractivity (Wildman–Crippen MR) is 68.1 cm³/mol. The summed E-state index contributed by atoms with van der Waals surface area (Å²) in [4.78, 5) is 22.1. The minimum absolute atomic E-state index is 0.298. The number of aryl methyl sites for hydroxylation is 2. The molecule has 0 bridgehead atoms. The van der Waals surface area contributed by atoms with Crippen LogP contribution in [0, 0.1) is 13.8 Å². The number of aliphatic hydroxyl groups excluding tert-OH is 1. The lowest BCUT2D eigenvalue weighted by Crippen LogP contribution is -2.45. The van der Waals surface area contributed by atoms with E-state index >= 15 is 0 Å². The minimum atomic E-state index is -1.31. The molecule has 6 nitrogen and oxygen atoms in total. The normalized spacial score (nSPS) is 11.7. The van der Waals surface area contributed by atoms with Crippen molar-refractivity contribution in [2.75, 3.05) is 13.2 Å². The fourth-order valence-corrected chi connectivity index (χ4v) is 1.53. The third-order valence-corrected chi connectivity index (χ3v) is 2.51. The molecule has 1 amide bonds. The van der Waals surface area contributed by atoms with Crippen LogP contribution in [0.5, 0.6) is 5.75 Å². The second-order valence-electron chi connectivity index (χ2n) is 4.20. The lowest BCUT2D eigenvalue weighted by molar-refractivity contribution is -0.143. The van der Waals surface area contributed by atoms with Crippen molar-refractivity contribution in [2.45, 2.75) is 19.9 Å². The third kappa shape index (κ3) is 4.59. The average molecular weight is 267 g/mol. The van der Waals surface area contributed by atoms with Crippen molar-refractivity contribution in [3.63, 3.8) is 0 Å². The van der Waals surface area contributed by atoms with Gasteiger partial charge >= 0.3 is 5.97 Å². The average Bonchev–Trinajstić information content (AvgIpc) is 2.34. The van der Waals surface area contributed by atoms with Crippen molar-refractivity contribution in [3.8, 4) is 5.75 Å². The number of amides is 1. The van der Waals surface area contributed by atoms with E-state index in [1.54, 1.807) is 6.07 Å². The van der Waals surface area contributed by atoms with Crippen LogP contribution in [0.15, 0.2) is 18.2 Å². The fraction of sp³-hybridized carbons (Fsp3) is 0.385. The van der Waals surface area contributed by atoms with Gasteiger partial charge in [-0.15, -0.1) is 0 Å². The molecule has 3 N–H and O–H groups in total. The first-order valence-electron chi connectivity index (χ1n) is 5.77. The maximum atomic E-state index is 11.5. The van der Waals surface area contributed by atoms with Crippen LogP contribution in [-0.2, 0) is 9.59 Å². The zero-order valence-electron chi connectivity index (χ0n) is 10.8. The van der Waals surface area contributed by atoms with E-state index < -0.39 is 24.5 Å². The summed E-state index contributed by atoms with van der Waals surface area (Å²) in [5.41, 5.74) is 1.98. The first-order valence-corrected chi connectivity index (χ1v) is 5.77. The van der Waals surface area contributed by atoms with E-state index in [0.717, 1.165) is 11.1 Å². The number of hydrogen-bond donors (Lipinski definition) is 3. The Kier molecular flexibility index (Phi) is 5.32. The zero-order valence-corrected chi connectivity index (χ0v) is 10.8.